The lowest BCUT2D eigenvalue weighted by molar-refractivity contribution is 0.964. The fourth-order valence-corrected chi connectivity index (χ4v) is 16.1. The SMILES string of the molecule is C[Si](C)N([Si](C)C)[Si](C)(C)C. The summed E-state index contributed by atoms with van der Waals surface area (Å²) in [4.78, 5) is 0. The van der Waals surface area contributed by atoms with E-state index < -0.39 is 8.24 Å². The first kappa shape index (κ1) is 11.6. The van der Waals surface area contributed by atoms with Crippen LogP contribution in [-0.2, 0) is 0 Å². The molecule has 0 bridgehead atoms. The second kappa shape index (κ2) is 4.02. The maximum absolute atomic E-state index is 2.86. The van der Waals surface area contributed by atoms with Gasteiger partial charge in [0.25, 0.3) is 0 Å². The molecule has 0 aromatic rings. The van der Waals surface area contributed by atoms with Crippen molar-refractivity contribution >= 4 is 26.2 Å². The van der Waals surface area contributed by atoms with Crippen LogP contribution in [0.15, 0.2) is 0 Å². The van der Waals surface area contributed by atoms with E-state index in [0.29, 0.717) is 0 Å². The van der Waals surface area contributed by atoms with Crippen molar-refractivity contribution in [1.82, 2.24) is 3.90 Å². The molecule has 0 amide bonds. The number of hydrogen-bond donors (Lipinski definition) is 0. The summed E-state index contributed by atoms with van der Waals surface area (Å²) in [6.07, 6.45) is 0. The largest absolute Gasteiger partial charge is 0.370 e. The van der Waals surface area contributed by atoms with Crippen molar-refractivity contribution in [2.75, 3.05) is 0 Å². The summed E-state index contributed by atoms with van der Waals surface area (Å²) >= 11 is 0. The van der Waals surface area contributed by atoms with Gasteiger partial charge in [0.1, 0.15) is 26.2 Å². The molecule has 66 valence electrons. The van der Waals surface area contributed by atoms with Crippen molar-refractivity contribution in [2.45, 2.75) is 45.8 Å². The molecule has 0 saturated heterocycles. The molecule has 0 unspecified atom stereocenters. The molecule has 0 atom stereocenters. The van der Waals surface area contributed by atoms with Crippen molar-refractivity contribution in [3.05, 3.63) is 0 Å². The monoisotopic (exact) mass is 203 g/mol. The minimum Gasteiger partial charge on any atom is -0.370 e. The fourth-order valence-electron chi connectivity index (χ4n) is 1.79. The van der Waals surface area contributed by atoms with Gasteiger partial charge >= 0.3 is 0 Å². The van der Waals surface area contributed by atoms with Gasteiger partial charge in [0.2, 0.25) is 0 Å². The Morgan fingerprint density at radius 3 is 1.09 bits per heavy atom. The van der Waals surface area contributed by atoms with Crippen molar-refractivity contribution < 1.29 is 0 Å². The molecule has 0 spiro atoms. The highest BCUT2D eigenvalue weighted by Crippen LogP contribution is 2.13. The second-order valence-electron chi connectivity index (χ2n) is 4.40. The molecule has 0 heterocycles. The zero-order chi connectivity index (χ0) is 9.23. The van der Waals surface area contributed by atoms with Gasteiger partial charge in [-0.3, -0.25) is 0 Å². The van der Waals surface area contributed by atoms with Gasteiger partial charge in [0, 0.05) is 0 Å². The lowest BCUT2D eigenvalue weighted by atomic mass is 11.8. The van der Waals surface area contributed by atoms with Crippen molar-refractivity contribution in [3.63, 3.8) is 0 Å². The maximum Gasteiger partial charge on any atom is 0.115 e. The molecular weight excluding hydrogens is 182 g/mol. The molecule has 0 aliphatic rings. The quantitative estimate of drug-likeness (QED) is 0.638. The lowest BCUT2D eigenvalue weighted by Gasteiger charge is -2.40. The van der Waals surface area contributed by atoms with E-state index in [1.165, 1.54) is 0 Å². The van der Waals surface area contributed by atoms with Gasteiger partial charge in [-0.2, -0.15) is 0 Å². The van der Waals surface area contributed by atoms with Gasteiger partial charge in [-0.05, 0) is 0 Å². The van der Waals surface area contributed by atoms with Crippen LogP contribution in [0, 0.1) is 0 Å². The number of nitrogens with zero attached hydrogens (tertiary/aromatic N) is 1. The summed E-state index contributed by atoms with van der Waals surface area (Å²) in [5.41, 5.74) is 0. The Morgan fingerprint density at radius 1 is 0.818 bits per heavy atom. The van der Waals surface area contributed by atoms with Gasteiger partial charge in [-0.15, -0.1) is 0 Å². The topological polar surface area (TPSA) is 3.24 Å². The summed E-state index contributed by atoms with van der Waals surface area (Å²) in [6, 6.07) is 0. The average Bonchev–Trinajstić information content (AvgIpc) is 1.54. The maximum atomic E-state index is 2.86. The van der Waals surface area contributed by atoms with Gasteiger partial charge < -0.3 is 3.90 Å². The second-order valence-corrected chi connectivity index (χ2v) is 15.2. The first-order chi connectivity index (χ1) is 4.76. The molecule has 0 aliphatic carbocycles. The summed E-state index contributed by atoms with van der Waals surface area (Å²) in [5.74, 6) is 0. The van der Waals surface area contributed by atoms with E-state index >= 15 is 0 Å². The Labute approximate surface area is 76.3 Å². The summed E-state index contributed by atoms with van der Waals surface area (Å²) in [5, 5.41) is 0. The first-order valence-corrected chi connectivity index (χ1v) is 12.5. The Morgan fingerprint density at radius 2 is 1.09 bits per heavy atom. The van der Waals surface area contributed by atoms with Crippen molar-refractivity contribution in [1.29, 1.82) is 0 Å². The summed E-state index contributed by atoms with van der Waals surface area (Å²) < 4.78 is 2.86. The molecule has 4 heteroatoms. The minimum atomic E-state index is -0.989. The van der Waals surface area contributed by atoms with E-state index in [9.17, 15) is 0 Å². The molecule has 11 heavy (non-hydrogen) atoms. The van der Waals surface area contributed by atoms with E-state index in [1.54, 1.807) is 0 Å². The Kier molecular flexibility index (Phi) is 4.24. The number of rotatable bonds is 3. The van der Waals surface area contributed by atoms with E-state index in [-0.39, 0.29) is 17.9 Å². The Hall–Kier alpha value is 0.611. The van der Waals surface area contributed by atoms with Crippen LogP contribution < -0.4 is 0 Å². The molecule has 0 aliphatic heterocycles. The van der Waals surface area contributed by atoms with Crippen LogP contribution in [0.5, 0.6) is 0 Å². The molecule has 0 fully saturated rings. The standard InChI is InChI=1S/C7H21NSi3/c1-9(2)8(10(3)4)11(5,6)7/h1-7H3. The highest BCUT2D eigenvalue weighted by molar-refractivity contribution is 6.92. The predicted octanol–water partition coefficient (Wildman–Crippen LogP) is 2.63. The third-order valence-electron chi connectivity index (χ3n) is 1.57. The highest BCUT2D eigenvalue weighted by atomic mass is 28.4. The Bertz CT molecular complexity index is 109. The van der Waals surface area contributed by atoms with Crippen LogP contribution in [0.3, 0.4) is 0 Å². The highest BCUT2D eigenvalue weighted by Gasteiger charge is 2.29. The van der Waals surface area contributed by atoms with Crippen molar-refractivity contribution in [2.24, 2.45) is 0 Å². The molecule has 1 nitrogen and oxygen atoms in total. The normalized spacial score (nSPS) is 13.6. The molecular formula is C7H21NSi3. The third-order valence-corrected chi connectivity index (χ3v) is 14.1. The van der Waals surface area contributed by atoms with Crippen LogP contribution in [0.1, 0.15) is 0 Å². The predicted molar refractivity (Wildman–Crippen MR) is 60.1 cm³/mol. The summed E-state index contributed by atoms with van der Waals surface area (Å²) in [6.45, 7) is 17.1. The van der Waals surface area contributed by atoms with Crippen LogP contribution in [0.2, 0.25) is 45.8 Å². The van der Waals surface area contributed by atoms with Crippen LogP contribution in [0.4, 0.5) is 0 Å². The van der Waals surface area contributed by atoms with Crippen LogP contribution in [0.25, 0.3) is 0 Å². The lowest BCUT2D eigenvalue weighted by Crippen LogP contribution is -2.57. The zero-order valence-corrected chi connectivity index (χ0v) is 11.9. The molecule has 0 aromatic heterocycles. The molecule has 0 rings (SSSR count). The fraction of sp³-hybridized carbons (Fsp3) is 1.00. The third kappa shape index (κ3) is 3.69. The molecule has 2 radical (unpaired) electrons. The number of hydrogen-bond acceptors (Lipinski definition) is 1. The summed E-state index contributed by atoms with van der Waals surface area (Å²) in [7, 11) is -1.37. The van der Waals surface area contributed by atoms with Crippen LogP contribution >= 0.6 is 0 Å². The van der Waals surface area contributed by atoms with E-state index in [2.05, 4.69) is 49.7 Å². The molecule has 0 saturated carbocycles. The average molecular weight is 204 g/mol. The zero-order valence-electron chi connectivity index (χ0n) is 8.95. The van der Waals surface area contributed by atoms with E-state index in [1.807, 2.05) is 0 Å². The van der Waals surface area contributed by atoms with Gasteiger partial charge in [-0.1, -0.05) is 45.8 Å². The smallest absolute Gasteiger partial charge is 0.115 e. The van der Waals surface area contributed by atoms with Gasteiger partial charge in [-0.25, -0.2) is 0 Å². The van der Waals surface area contributed by atoms with Gasteiger partial charge in [0.15, 0.2) is 0 Å². The van der Waals surface area contributed by atoms with Crippen molar-refractivity contribution in [3.8, 4) is 0 Å². The van der Waals surface area contributed by atoms with E-state index in [4.69, 9.17) is 0 Å². The molecule has 0 N–H and O–H groups in total. The Balaban J connectivity index is 4.35. The van der Waals surface area contributed by atoms with Gasteiger partial charge in [0.05, 0.1) is 0 Å². The van der Waals surface area contributed by atoms with E-state index in [0.717, 1.165) is 0 Å². The first-order valence-electron chi connectivity index (χ1n) is 4.17. The molecule has 0 aromatic carbocycles. The van der Waals surface area contributed by atoms with Crippen LogP contribution in [-0.4, -0.2) is 30.0 Å². The minimum absolute atomic E-state index is 0.190.